The van der Waals surface area contributed by atoms with Gasteiger partial charge in [0.25, 0.3) is 0 Å². The van der Waals surface area contributed by atoms with Crippen molar-refractivity contribution in [2.24, 2.45) is 0 Å². The first kappa shape index (κ1) is 16.0. The van der Waals surface area contributed by atoms with Crippen molar-refractivity contribution < 1.29 is 19.1 Å². The molecule has 0 radical (unpaired) electrons. The first-order valence-electron chi connectivity index (χ1n) is 6.57. The fraction of sp³-hybridized carbons (Fsp3) is 0.467. The number of ether oxygens (including phenoxy) is 2. The van der Waals surface area contributed by atoms with Crippen LogP contribution in [0.3, 0.4) is 0 Å². The fourth-order valence-corrected chi connectivity index (χ4v) is 1.43. The highest BCUT2D eigenvalue weighted by atomic mass is 16.6. The lowest BCUT2D eigenvalue weighted by Gasteiger charge is -2.23. The van der Waals surface area contributed by atoms with Gasteiger partial charge in [0.1, 0.15) is 5.60 Å². The number of rotatable bonds is 4. The van der Waals surface area contributed by atoms with Crippen molar-refractivity contribution in [1.29, 1.82) is 0 Å². The second-order valence-corrected chi connectivity index (χ2v) is 5.31. The van der Waals surface area contributed by atoms with Crippen LogP contribution in [0.5, 0.6) is 0 Å². The smallest absolute Gasteiger partial charge is 0.410 e. The summed E-state index contributed by atoms with van der Waals surface area (Å²) in [5.74, 6) is -0.478. The highest BCUT2D eigenvalue weighted by Crippen LogP contribution is 2.09. The molecule has 0 aliphatic rings. The molecule has 0 spiro atoms. The molecule has 0 fully saturated rings. The maximum absolute atomic E-state index is 11.9. The van der Waals surface area contributed by atoms with Gasteiger partial charge in [-0.3, -0.25) is 5.32 Å². The van der Waals surface area contributed by atoms with Crippen LogP contribution in [0.25, 0.3) is 0 Å². The Labute approximate surface area is 119 Å². The van der Waals surface area contributed by atoms with Crippen molar-refractivity contribution >= 4 is 12.1 Å². The molecule has 0 aliphatic heterocycles. The summed E-state index contributed by atoms with van der Waals surface area (Å²) in [5.41, 5.74) is -0.150. The summed E-state index contributed by atoms with van der Waals surface area (Å²) < 4.78 is 10.3. The van der Waals surface area contributed by atoms with E-state index in [1.165, 1.54) is 0 Å². The minimum absolute atomic E-state index is 0.442. The Bertz CT molecular complexity index is 451. The zero-order valence-electron chi connectivity index (χ0n) is 12.3. The number of alkyl carbamates (subject to hydrolysis) is 1. The van der Waals surface area contributed by atoms with Crippen LogP contribution in [0.1, 0.15) is 44.5 Å². The van der Waals surface area contributed by atoms with E-state index in [0.717, 1.165) is 0 Å². The number of carbonyl (C=O) groups excluding carboxylic acids is 2. The Morgan fingerprint density at radius 3 is 2.30 bits per heavy atom. The maximum atomic E-state index is 11.9. The van der Waals surface area contributed by atoms with Gasteiger partial charge in [0, 0.05) is 6.42 Å². The Morgan fingerprint density at radius 1 is 1.20 bits per heavy atom. The second-order valence-electron chi connectivity index (χ2n) is 5.31. The topological polar surface area (TPSA) is 64.6 Å². The molecule has 5 heteroatoms. The molecular weight excluding hydrogens is 258 g/mol. The minimum Gasteiger partial charge on any atom is -0.444 e. The largest absolute Gasteiger partial charge is 0.444 e. The molecule has 0 aliphatic carbocycles. The lowest BCUT2D eigenvalue weighted by atomic mass is 10.2. The standard InChI is InChI=1S/C15H21NO4/c1-5-12(16-14(18)20-15(2,3)4)19-13(17)11-9-7-6-8-10-11/h6-10,12H,5H2,1-4H3,(H,16,18)/t12-/m1/s1. The molecule has 0 heterocycles. The van der Waals surface area contributed by atoms with Gasteiger partial charge in [-0.25, -0.2) is 9.59 Å². The molecule has 1 aromatic rings. The number of amides is 1. The SMILES string of the molecule is CC[C@H](NC(=O)OC(C)(C)C)OC(=O)c1ccccc1. The molecule has 5 nitrogen and oxygen atoms in total. The van der Waals surface area contributed by atoms with Gasteiger partial charge in [0.2, 0.25) is 0 Å². The summed E-state index contributed by atoms with van der Waals surface area (Å²) in [6.45, 7) is 7.11. The first-order chi connectivity index (χ1) is 9.31. The van der Waals surface area contributed by atoms with Crippen molar-refractivity contribution in [2.75, 3.05) is 0 Å². The van der Waals surface area contributed by atoms with Crippen LogP contribution >= 0.6 is 0 Å². The minimum atomic E-state index is -0.711. The summed E-state index contributed by atoms with van der Waals surface area (Å²) in [7, 11) is 0. The van der Waals surface area contributed by atoms with Gasteiger partial charge in [-0.05, 0) is 32.9 Å². The Morgan fingerprint density at radius 2 is 1.80 bits per heavy atom. The van der Waals surface area contributed by atoms with E-state index in [2.05, 4.69) is 5.32 Å². The first-order valence-corrected chi connectivity index (χ1v) is 6.57. The molecular formula is C15H21NO4. The predicted octanol–water partition coefficient (Wildman–Crippen LogP) is 3.10. The quantitative estimate of drug-likeness (QED) is 0.679. The zero-order valence-corrected chi connectivity index (χ0v) is 12.3. The zero-order chi connectivity index (χ0) is 15.2. The predicted molar refractivity (Wildman–Crippen MR) is 75.3 cm³/mol. The lowest BCUT2D eigenvalue weighted by Crippen LogP contribution is -2.41. The van der Waals surface area contributed by atoms with Crippen LogP contribution in [-0.2, 0) is 9.47 Å². The van der Waals surface area contributed by atoms with Crippen molar-refractivity contribution in [3.63, 3.8) is 0 Å². The molecule has 1 N–H and O–H groups in total. The Balaban J connectivity index is 2.55. The van der Waals surface area contributed by atoms with Crippen LogP contribution in [0.4, 0.5) is 4.79 Å². The third kappa shape index (κ3) is 5.73. The van der Waals surface area contributed by atoms with Gasteiger partial charge in [-0.15, -0.1) is 0 Å². The van der Waals surface area contributed by atoms with E-state index < -0.39 is 23.9 Å². The number of benzene rings is 1. The summed E-state index contributed by atoms with van der Waals surface area (Å²) >= 11 is 0. The molecule has 0 saturated heterocycles. The third-order valence-electron chi connectivity index (χ3n) is 2.31. The van der Waals surface area contributed by atoms with Crippen LogP contribution in [0.2, 0.25) is 0 Å². The molecule has 1 atom stereocenters. The summed E-state index contributed by atoms with van der Waals surface area (Å²) in [6.07, 6.45) is -0.861. The molecule has 1 amide bonds. The van der Waals surface area contributed by atoms with Gasteiger partial charge in [0.05, 0.1) is 5.56 Å². The molecule has 1 aromatic carbocycles. The Kier molecular flexibility index (Phi) is 5.55. The van der Waals surface area contributed by atoms with E-state index in [-0.39, 0.29) is 0 Å². The molecule has 0 bridgehead atoms. The third-order valence-corrected chi connectivity index (χ3v) is 2.31. The molecule has 1 rings (SSSR count). The monoisotopic (exact) mass is 279 g/mol. The molecule has 0 aromatic heterocycles. The van der Waals surface area contributed by atoms with Crippen LogP contribution < -0.4 is 5.32 Å². The van der Waals surface area contributed by atoms with Crippen LogP contribution in [-0.4, -0.2) is 23.9 Å². The number of hydrogen-bond acceptors (Lipinski definition) is 4. The molecule has 0 saturated carbocycles. The number of esters is 1. The van der Waals surface area contributed by atoms with Crippen molar-refractivity contribution in [1.82, 2.24) is 5.32 Å². The molecule has 0 unspecified atom stereocenters. The molecule has 110 valence electrons. The summed E-state index contributed by atoms with van der Waals surface area (Å²) in [5, 5.41) is 2.52. The van der Waals surface area contributed by atoms with E-state index in [1.54, 1.807) is 52.0 Å². The summed E-state index contributed by atoms with van der Waals surface area (Å²) in [6, 6.07) is 8.62. The van der Waals surface area contributed by atoms with E-state index in [4.69, 9.17) is 9.47 Å². The highest BCUT2D eigenvalue weighted by molar-refractivity contribution is 5.89. The second kappa shape index (κ2) is 6.93. The number of carbonyl (C=O) groups is 2. The highest BCUT2D eigenvalue weighted by Gasteiger charge is 2.21. The van der Waals surface area contributed by atoms with E-state index in [9.17, 15) is 9.59 Å². The van der Waals surface area contributed by atoms with Crippen LogP contribution in [0, 0.1) is 0 Å². The van der Waals surface area contributed by atoms with Gasteiger partial charge in [-0.1, -0.05) is 25.1 Å². The summed E-state index contributed by atoms with van der Waals surface area (Å²) in [4.78, 5) is 23.5. The van der Waals surface area contributed by atoms with E-state index in [0.29, 0.717) is 12.0 Å². The van der Waals surface area contributed by atoms with Gasteiger partial charge < -0.3 is 9.47 Å². The normalized spacial score (nSPS) is 12.4. The number of hydrogen-bond donors (Lipinski definition) is 1. The van der Waals surface area contributed by atoms with Gasteiger partial charge >= 0.3 is 12.1 Å². The number of nitrogens with one attached hydrogen (secondary N) is 1. The Hall–Kier alpha value is -2.04. The lowest BCUT2D eigenvalue weighted by molar-refractivity contribution is 0.00929. The molecule has 20 heavy (non-hydrogen) atoms. The maximum Gasteiger partial charge on any atom is 0.410 e. The van der Waals surface area contributed by atoms with E-state index >= 15 is 0 Å². The van der Waals surface area contributed by atoms with E-state index in [1.807, 2.05) is 6.07 Å². The van der Waals surface area contributed by atoms with Crippen molar-refractivity contribution in [3.05, 3.63) is 35.9 Å². The average Bonchev–Trinajstić information content (AvgIpc) is 2.36. The van der Waals surface area contributed by atoms with Gasteiger partial charge in [0.15, 0.2) is 6.23 Å². The van der Waals surface area contributed by atoms with Crippen molar-refractivity contribution in [2.45, 2.75) is 45.9 Å². The average molecular weight is 279 g/mol. The van der Waals surface area contributed by atoms with Crippen LogP contribution in [0.15, 0.2) is 30.3 Å². The fourth-order valence-electron chi connectivity index (χ4n) is 1.43. The van der Waals surface area contributed by atoms with Gasteiger partial charge in [-0.2, -0.15) is 0 Å². The van der Waals surface area contributed by atoms with Crippen molar-refractivity contribution in [3.8, 4) is 0 Å².